The monoisotopic (exact) mass is 329 g/mol. The van der Waals surface area contributed by atoms with Crippen molar-refractivity contribution in [3.05, 3.63) is 63.7 Å². The van der Waals surface area contributed by atoms with Gasteiger partial charge in [0, 0.05) is 23.3 Å². The van der Waals surface area contributed by atoms with E-state index >= 15 is 0 Å². The molecule has 124 valence electrons. The standard InChI is InChI=1S/C16H15N3O5/c1-23-14-7-6-12(9-15(14)24-2)16(20)18-17-10-11-4-3-5-13(8-11)19(21)22/h3-10H,1-2H3,(H,18,20)/b17-10+. The van der Waals surface area contributed by atoms with E-state index in [4.69, 9.17) is 9.47 Å². The molecular weight excluding hydrogens is 314 g/mol. The molecule has 0 aliphatic rings. The summed E-state index contributed by atoms with van der Waals surface area (Å²) in [5, 5.41) is 14.5. The Morgan fingerprint density at radius 2 is 1.92 bits per heavy atom. The Morgan fingerprint density at radius 1 is 1.17 bits per heavy atom. The van der Waals surface area contributed by atoms with Gasteiger partial charge in [-0.15, -0.1) is 0 Å². The van der Waals surface area contributed by atoms with Gasteiger partial charge in [-0.1, -0.05) is 12.1 Å². The summed E-state index contributed by atoms with van der Waals surface area (Å²) in [7, 11) is 2.97. The molecule has 0 aliphatic carbocycles. The SMILES string of the molecule is COc1ccc(C(=O)N/N=C/c2cccc([N+](=O)[O-])c2)cc1OC. The van der Waals surface area contributed by atoms with E-state index in [1.807, 2.05) is 0 Å². The topological polar surface area (TPSA) is 103 Å². The van der Waals surface area contributed by atoms with E-state index in [0.717, 1.165) is 0 Å². The van der Waals surface area contributed by atoms with Crippen LogP contribution in [-0.4, -0.2) is 31.3 Å². The van der Waals surface area contributed by atoms with Gasteiger partial charge in [-0.2, -0.15) is 5.10 Å². The van der Waals surface area contributed by atoms with E-state index in [0.29, 0.717) is 22.6 Å². The first-order valence-corrected chi connectivity index (χ1v) is 6.85. The average molecular weight is 329 g/mol. The van der Waals surface area contributed by atoms with Crippen molar-refractivity contribution in [3.63, 3.8) is 0 Å². The molecule has 0 heterocycles. The fourth-order valence-electron chi connectivity index (χ4n) is 1.93. The lowest BCUT2D eigenvalue weighted by Gasteiger charge is -2.08. The normalized spacial score (nSPS) is 10.4. The molecule has 24 heavy (non-hydrogen) atoms. The van der Waals surface area contributed by atoms with Crippen molar-refractivity contribution in [2.75, 3.05) is 14.2 Å². The van der Waals surface area contributed by atoms with Crippen LogP contribution in [0.5, 0.6) is 11.5 Å². The predicted molar refractivity (Wildman–Crippen MR) is 87.7 cm³/mol. The van der Waals surface area contributed by atoms with Crippen LogP contribution < -0.4 is 14.9 Å². The van der Waals surface area contributed by atoms with Crippen molar-refractivity contribution < 1.29 is 19.2 Å². The van der Waals surface area contributed by atoms with E-state index in [-0.39, 0.29) is 5.69 Å². The minimum Gasteiger partial charge on any atom is -0.493 e. The third-order valence-corrected chi connectivity index (χ3v) is 3.11. The van der Waals surface area contributed by atoms with Crippen molar-refractivity contribution in [1.29, 1.82) is 0 Å². The van der Waals surface area contributed by atoms with Gasteiger partial charge in [0.1, 0.15) is 0 Å². The molecule has 0 spiro atoms. The van der Waals surface area contributed by atoms with Crippen molar-refractivity contribution in [2.24, 2.45) is 5.10 Å². The molecule has 1 amide bonds. The van der Waals surface area contributed by atoms with Crippen LogP contribution in [0.3, 0.4) is 0 Å². The number of nitro groups is 1. The van der Waals surface area contributed by atoms with Crippen molar-refractivity contribution in [1.82, 2.24) is 5.43 Å². The summed E-state index contributed by atoms with van der Waals surface area (Å²) in [4.78, 5) is 22.3. The van der Waals surface area contributed by atoms with Crippen LogP contribution in [0.25, 0.3) is 0 Å². The second-order valence-corrected chi connectivity index (χ2v) is 4.62. The number of hydrogen-bond donors (Lipinski definition) is 1. The largest absolute Gasteiger partial charge is 0.493 e. The number of rotatable bonds is 6. The highest BCUT2D eigenvalue weighted by Crippen LogP contribution is 2.27. The Labute approximate surface area is 137 Å². The maximum Gasteiger partial charge on any atom is 0.271 e. The number of nitro benzene ring substituents is 1. The van der Waals surface area contributed by atoms with Crippen molar-refractivity contribution in [2.45, 2.75) is 0 Å². The first kappa shape index (κ1) is 16.9. The van der Waals surface area contributed by atoms with Crippen LogP contribution in [0, 0.1) is 10.1 Å². The summed E-state index contributed by atoms with van der Waals surface area (Å²) in [5.74, 6) is 0.486. The minimum atomic E-state index is -0.500. The second-order valence-electron chi connectivity index (χ2n) is 4.62. The predicted octanol–water partition coefficient (Wildman–Crippen LogP) is 2.38. The Bertz CT molecular complexity index is 789. The highest BCUT2D eigenvalue weighted by atomic mass is 16.6. The number of benzene rings is 2. The molecule has 2 aromatic carbocycles. The summed E-state index contributed by atoms with van der Waals surface area (Å²) in [6.45, 7) is 0. The van der Waals surface area contributed by atoms with E-state index in [2.05, 4.69) is 10.5 Å². The highest BCUT2D eigenvalue weighted by Gasteiger charge is 2.10. The van der Waals surface area contributed by atoms with E-state index < -0.39 is 10.8 Å². The molecule has 8 nitrogen and oxygen atoms in total. The average Bonchev–Trinajstić information content (AvgIpc) is 2.61. The van der Waals surface area contributed by atoms with Crippen LogP contribution >= 0.6 is 0 Å². The van der Waals surface area contributed by atoms with Gasteiger partial charge in [0.25, 0.3) is 11.6 Å². The van der Waals surface area contributed by atoms with E-state index in [1.165, 1.54) is 44.7 Å². The van der Waals surface area contributed by atoms with Crippen LogP contribution in [0.2, 0.25) is 0 Å². The van der Waals surface area contributed by atoms with Gasteiger partial charge in [0.2, 0.25) is 0 Å². The lowest BCUT2D eigenvalue weighted by atomic mass is 10.2. The van der Waals surface area contributed by atoms with E-state index in [1.54, 1.807) is 18.2 Å². The van der Waals surface area contributed by atoms with Crippen LogP contribution in [0.15, 0.2) is 47.6 Å². The number of hydrogen-bond acceptors (Lipinski definition) is 6. The molecule has 0 saturated heterocycles. The first-order chi connectivity index (χ1) is 11.5. The van der Waals surface area contributed by atoms with Gasteiger partial charge in [-0.25, -0.2) is 5.43 Å². The van der Waals surface area contributed by atoms with Gasteiger partial charge in [0.15, 0.2) is 11.5 Å². The molecule has 1 N–H and O–H groups in total. The van der Waals surface area contributed by atoms with Crippen molar-refractivity contribution >= 4 is 17.8 Å². The zero-order valence-electron chi connectivity index (χ0n) is 13.1. The summed E-state index contributed by atoms with van der Waals surface area (Å²) in [5.41, 5.74) is 3.13. The van der Waals surface area contributed by atoms with Crippen molar-refractivity contribution in [3.8, 4) is 11.5 Å². The molecule has 0 aromatic heterocycles. The molecule has 8 heteroatoms. The summed E-state index contributed by atoms with van der Waals surface area (Å²) >= 11 is 0. The molecule has 0 aliphatic heterocycles. The number of nitrogens with zero attached hydrogens (tertiary/aromatic N) is 2. The summed E-state index contributed by atoms with van der Waals surface area (Å²) in [6.07, 6.45) is 1.33. The number of ether oxygens (including phenoxy) is 2. The Hall–Kier alpha value is -3.42. The number of carbonyl (C=O) groups excluding carboxylic acids is 1. The molecule has 0 saturated carbocycles. The number of hydrazone groups is 1. The van der Waals surface area contributed by atoms with Crippen LogP contribution in [-0.2, 0) is 0 Å². The highest BCUT2D eigenvalue weighted by molar-refractivity contribution is 5.95. The lowest BCUT2D eigenvalue weighted by Crippen LogP contribution is -2.17. The number of carbonyl (C=O) groups is 1. The molecule has 2 rings (SSSR count). The molecular formula is C16H15N3O5. The fourth-order valence-corrected chi connectivity index (χ4v) is 1.93. The molecule has 0 unspecified atom stereocenters. The van der Waals surface area contributed by atoms with Gasteiger partial charge >= 0.3 is 0 Å². The number of amides is 1. The molecule has 2 aromatic rings. The van der Waals surface area contributed by atoms with Gasteiger partial charge < -0.3 is 9.47 Å². The second kappa shape index (κ2) is 7.73. The van der Waals surface area contributed by atoms with Crippen LogP contribution in [0.1, 0.15) is 15.9 Å². The molecule has 0 atom stereocenters. The quantitative estimate of drug-likeness (QED) is 0.498. The fraction of sp³-hybridized carbons (Fsp3) is 0.125. The minimum absolute atomic E-state index is 0.0508. The summed E-state index contributed by atoms with van der Waals surface area (Å²) < 4.78 is 10.2. The molecule has 0 bridgehead atoms. The van der Waals surface area contributed by atoms with Gasteiger partial charge in [0.05, 0.1) is 25.4 Å². The smallest absolute Gasteiger partial charge is 0.271 e. The number of non-ortho nitro benzene ring substituents is 1. The van der Waals surface area contributed by atoms with Gasteiger partial charge in [-0.3, -0.25) is 14.9 Å². The Morgan fingerprint density at radius 3 is 2.58 bits per heavy atom. The maximum absolute atomic E-state index is 12.0. The van der Waals surface area contributed by atoms with Gasteiger partial charge in [-0.05, 0) is 18.2 Å². The third-order valence-electron chi connectivity index (χ3n) is 3.11. The number of methoxy groups -OCH3 is 2. The summed E-state index contributed by atoms with van der Waals surface area (Å²) in [6, 6.07) is 10.6. The number of nitrogens with one attached hydrogen (secondary N) is 1. The Balaban J connectivity index is 2.07. The van der Waals surface area contributed by atoms with E-state index in [9.17, 15) is 14.9 Å². The zero-order valence-corrected chi connectivity index (χ0v) is 13.1. The van der Waals surface area contributed by atoms with Crippen LogP contribution in [0.4, 0.5) is 5.69 Å². The lowest BCUT2D eigenvalue weighted by molar-refractivity contribution is -0.384. The first-order valence-electron chi connectivity index (χ1n) is 6.85. The third kappa shape index (κ3) is 4.07. The Kier molecular flexibility index (Phi) is 5.45. The molecule has 0 fully saturated rings. The maximum atomic E-state index is 12.0. The molecule has 0 radical (unpaired) electrons. The zero-order chi connectivity index (χ0) is 17.5.